The van der Waals surface area contributed by atoms with E-state index < -0.39 is 0 Å². The highest BCUT2D eigenvalue weighted by atomic mass is 16.1. The number of nitrogens with zero attached hydrogens (tertiary/aromatic N) is 1. The molecule has 0 aliphatic carbocycles. The maximum Gasteiger partial charge on any atom is 0.258 e. The average Bonchev–Trinajstić information content (AvgIpc) is 2.47. The van der Waals surface area contributed by atoms with Crippen LogP contribution in [0.15, 0.2) is 41.3 Å². The van der Waals surface area contributed by atoms with Gasteiger partial charge in [-0.3, -0.25) is 4.79 Å². The van der Waals surface area contributed by atoms with E-state index in [1.54, 1.807) is 17.8 Å². The molecule has 19 heavy (non-hydrogen) atoms. The van der Waals surface area contributed by atoms with Crippen LogP contribution < -0.4 is 5.56 Å². The minimum absolute atomic E-state index is 0.0631. The van der Waals surface area contributed by atoms with Gasteiger partial charge < -0.3 is 4.57 Å². The molecule has 0 fully saturated rings. The van der Waals surface area contributed by atoms with E-state index in [0.717, 1.165) is 10.8 Å². The maximum absolute atomic E-state index is 11.5. The minimum atomic E-state index is 0.0631. The molecule has 1 heterocycles. The third-order valence-electron chi connectivity index (χ3n) is 2.70. The molecule has 0 N–H and O–H groups in total. The molecule has 0 saturated heterocycles. The molecule has 0 bridgehead atoms. The zero-order valence-electron chi connectivity index (χ0n) is 12.9. The molecule has 2 heteroatoms. The van der Waals surface area contributed by atoms with Gasteiger partial charge in [0.2, 0.25) is 0 Å². The molecule has 0 atom stereocenters. The fourth-order valence-electron chi connectivity index (χ4n) is 1.64. The Hall–Kier alpha value is -1.57. The summed E-state index contributed by atoms with van der Waals surface area (Å²) in [5.74, 6) is 0. The van der Waals surface area contributed by atoms with E-state index in [0.29, 0.717) is 0 Å². The van der Waals surface area contributed by atoms with Gasteiger partial charge in [0.1, 0.15) is 0 Å². The Bertz CT molecular complexity index is 512. The van der Waals surface area contributed by atoms with Crippen LogP contribution in [0.2, 0.25) is 0 Å². The van der Waals surface area contributed by atoms with E-state index in [2.05, 4.69) is 13.8 Å². The van der Waals surface area contributed by atoms with E-state index >= 15 is 0 Å². The molecule has 1 aromatic carbocycles. The van der Waals surface area contributed by atoms with Crippen LogP contribution in [-0.4, -0.2) is 4.57 Å². The summed E-state index contributed by atoms with van der Waals surface area (Å²) in [5, 5.41) is 1.78. The summed E-state index contributed by atoms with van der Waals surface area (Å²) in [6.45, 7) is 8.42. The topological polar surface area (TPSA) is 22.0 Å². The zero-order valence-corrected chi connectivity index (χ0v) is 12.9. The molecule has 0 radical (unpaired) electrons. The number of rotatable bonds is 2. The summed E-state index contributed by atoms with van der Waals surface area (Å²) >= 11 is 0. The van der Waals surface area contributed by atoms with E-state index in [1.165, 1.54) is 19.3 Å². The average molecular weight is 261 g/mol. The van der Waals surface area contributed by atoms with Crippen molar-refractivity contribution in [2.45, 2.75) is 47.0 Å². The number of benzene rings is 1. The summed E-state index contributed by atoms with van der Waals surface area (Å²) in [6.07, 6.45) is 5.86. The Morgan fingerprint density at radius 3 is 2.11 bits per heavy atom. The third kappa shape index (κ3) is 5.73. The van der Waals surface area contributed by atoms with Crippen LogP contribution in [0, 0.1) is 0 Å². The lowest BCUT2D eigenvalue weighted by Crippen LogP contribution is -2.15. The number of hydrogen-bond donors (Lipinski definition) is 0. The largest absolute Gasteiger partial charge is 0.318 e. The highest BCUT2D eigenvalue weighted by Gasteiger charge is 1.96. The Morgan fingerprint density at radius 2 is 1.58 bits per heavy atom. The molecule has 2 rings (SSSR count). The first-order valence-corrected chi connectivity index (χ1v) is 7.25. The van der Waals surface area contributed by atoms with Crippen LogP contribution in [-0.2, 0) is 7.05 Å². The van der Waals surface area contributed by atoms with Crippen LogP contribution in [0.1, 0.15) is 47.0 Å². The monoisotopic (exact) mass is 261 g/mol. The molecule has 2 nitrogen and oxygen atoms in total. The maximum atomic E-state index is 11.5. The van der Waals surface area contributed by atoms with Gasteiger partial charge in [-0.25, -0.2) is 0 Å². The molecular weight excluding hydrogens is 234 g/mol. The standard InChI is InChI=1S/C10H9NO.C5H12.C2H6/c1-11-7-6-8-4-2-3-5-9(8)10(11)12;1-3-5-4-2;1-2/h2-7H,1H3;3-5H2,1-2H3;1-2H3. The van der Waals surface area contributed by atoms with Crippen molar-refractivity contribution in [1.29, 1.82) is 0 Å². The summed E-state index contributed by atoms with van der Waals surface area (Å²) in [7, 11) is 1.76. The van der Waals surface area contributed by atoms with Crippen LogP contribution in [0.25, 0.3) is 10.8 Å². The second kappa shape index (κ2) is 10.4. The van der Waals surface area contributed by atoms with Gasteiger partial charge >= 0.3 is 0 Å². The van der Waals surface area contributed by atoms with Crippen molar-refractivity contribution in [3.05, 3.63) is 46.9 Å². The molecule has 1 aromatic heterocycles. The second-order valence-electron chi connectivity index (χ2n) is 4.17. The lowest BCUT2D eigenvalue weighted by Gasteiger charge is -1.98. The molecule has 0 amide bonds. The fourth-order valence-corrected chi connectivity index (χ4v) is 1.64. The lowest BCUT2D eigenvalue weighted by molar-refractivity contribution is 0.772. The first-order chi connectivity index (χ1) is 9.20. The van der Waals surface area contributed by atoms with Crippen molar-refractivity contribution >= 4 is 10.8 Å². The molecule has 0 aliphatic rings. The minimum Gasteiger partial charge on any atom is -0.318 e. The predicted molar refractivity (Wildman–Crippen MR) is 85.7 cm³/mol. The molecule has 0 unspecified atom stereocenters. The summed E-state index contributed by atoms with van der Waals surface area (Å²) in [4.78, 5) is 11.5. The van der Waals surface area contributed by atoms with Gasteiger partial charge in [-0.2, -0.15) is 0 Å². The van der Waals surface area contributed by atoms with Crippen molar-refractivity contribution in [2.75, 3.05) is 0 Å². The first-order valence-electron chi connectivity index (χ1n) is 7.25. The molecule has 106 valence electrons. The summed E-state index contributed by atoms with van der Waals surface area (Å²) in [5.41, 5.74) is 0.0631. The Kier molecular flexibility index (Phi) is 9.51. The van der Waals surface area contributed by atoms with Crippen LogP contribution >= 0.6 is 0 Å². The van der Waals surface area contributed by atoms with Gasteiger partial charge in [0.15, 0.2) is 0 Å². The van der Waals surface area contributed by atoms with Gasteiger partial charge in [-0.1, -0.05) is 65.2 Å². The number of unbranched alkanes of at least 4 members (excludes halogenated alkanes) is 2. The Balaban J connectivity index is 0.000000396. The van der Waals surface area contributed by atoms with Crippen molar-refractivity contribution in [3.63, 3.8) is 0 Å². The first kappa shape index (κ1) is 17.4. The van der Waals surface area contributed by atoms with Gasteiger partial charge in [0.05, 0.1) is 0 Å². The second-order valence-corrected chi connectivity index (χ2v) is 4.17. The SMILES string of the molecule is CC.CCCCC.Cn1ccc2ccccc2c1=O. The lowest BCUT2D eigenvalue weighted by atomic mass is 10.2. The Morgan fingerprint density at radius 1 is 1.00 bits per heavy atom. The van der Waals surface area contributed by atoms with Gasteiger partial charge in [-0.15, -0.1) is 0 Å². The van der Waals surface area contributed by atoms with E-state index in [4.69, 9.17) is 0 Å². The number of aromatic nitrogens is 1. The van der Waals surface area contributed by atoms with Crippen LogP contribution in [0.5, 0.6) is 0 Å². The van der Waals surface area contributed by atoms with Gasteiger partial charge in [0.25, 0.3) is 5.56 Å². The molecule has 0 spiro atoms. The Labute approximate surface area is 117 Å². The van der Waals surface area contributed by atoms with Crippen LogP contribution in [0.3, 0.4) is 0 Å². The van der Waals surface area contributed by atoms with E-state index in [-0.39, 0.29) is 5.56 Å². The van der Waals surface area contributed by atoms with E-state index in [9.17, 15) is 4.79 Å². The fraction of sp³-hybridized carbons (Fsp3) is 0.471. The highest BCUT2D eigenvalue weighted by molar-refractivity contribution is 5.81. The van der Waals surface area contributed by atoms with Crippen molar-refractivity contribution in [3.8, 4) is 0 Å². The summed E-state index contributed by atoms with van der Waals surface area (Å²) in [6, 6.07) is 9.54. The highest BCUT2D eigenvalue weighted by Crippen LogP contribution is 2.06. The molecular formula is C17H27NO. The molecule has 2 aromatic rings. The predicted octanol–water partition coefficient (Wildman–Crippen LogP) is 4.76. The van der Waals surface area contributed by atoms with E-state index in [1.807, 2.05) is 44.2 Å². The smallest absolute Gasteiger partial charge is 0.258 e. The zero-order chi connectivity index (χ0) is 14.7. The van der Waals surface area contributed by atoms with Gasteiger partial charge in [0, 0.05) is 18.6 Å². The molecule has 0 saturated carbocycles. The summed E-state index contributed by atoms with van der Waals surface area (Å²) < 4.78 is 1.59. The van der Waals surface area contributed by atoms with Crippen molar-refractivity contribution in [1.82, 2.24) is 4.57 Å². The van der Waals surface area contributed by atoms with Crippen molar-refractivity contribution in [2.24, 2.45) is 7.05 Å². The number of fused-ring (bicyclic) bond motifs is 1. The quantitative estimate of drug-likeness (QED) is 0.764. The third-order valence-corrected chi connectivity index (χ3v) is 2.70. The number of aryl methyl sites for hydroxylation is 1. The normalized spacial score (nSPS) is 9.11. The van der Waals surface area contributed by atoms with Gasteiger partial charge in [-0.05, 0) is 17.5 Å². The number of hydrogen-bond acceptors (Lipinski definition) is 1. The van der Waals surface area contributed by atoms with Crippen molar-refractivity contribution < 1.29 is 0 Å². The number of pyridine rings is 1. The van der Waals surface area contributed by atoms with Crippen LogP contribution in [0.4, 0.5) is 0 Å². The molecule has 0 aliphatic heterocycles.